The van der Waals surface area contributed by atoms with Crippen molar-refractivity contribution in [3.63, 3.8) is 0 Å². The van der Waals surface area contributed by atoms with Crippen molar-refractivity contribution in [2.75, 3.05) is 7.11 Å². The summed E-state index contributed by atoms with van der Waals surface area (Å²) >= 11 is 8.30. The van der Waals surface area contributed by atoms with Crippen LogP contribution in [0.5, 0.6) is 5.75 Å². The van der Waals surface area contributed by atoms with Crippen LogP contribution in [0, 0.1) is 0 Å². The third-order valence-electron chi connectivity index (χ3n) is 1.77. The number of hydrogen-bond donors (Lipinski definition) is 0. The van der Waals surface area contributed by atoms with Crippen molar-refractivity contribution in [2.45, 2.75) is 11.6 Å². The number of benzene rings is 1. The fraction of sp³-hybridized carbons (Fsp3) is 0.333. The molecule has 0 bridgehead atoms. The Labute approximate surface area is 98.3 Å². The molecular weight excluding hydrogens is 296 g/mol. The van der Waals surface area contributed by atoms with Crippen molar-refractivity contribution in [1.29, 1.82) is 0 Å². The number of halogens is 5. The lowest BCUT2D eigenvalue weighted by Crippen LogP contribution is -2.16. The van der Waals surface area contributed by atoms with Gasteiger partial charge in [0.25, 0.3) is 0 Å². The molecule has 1 aromatic rings. The molecule has 1 rings (SSSR count). The molecule has 6 heteroatoms. The SMILES string of the molecule is COc1ccc(C(Cl)C(F)(F)F)c(Br)c1. The first-order valence-electron chi connectivity index (χ1n) is 3.90. The van der Waals surface area contributed by atoms with Gasteiger partial charge in [-0.05, 0) is 17.7 Å². The number of methoxy groups -OCH3 is 1. The quantitative estimate of drug-likeness (QED) is 0.740. The smallest absolute Gasteiger partial charge is 0.408 e. The molecule has 0 saturated heterocycles. The summed E-state index contributed by atoms with van der Waals surface area (Å²) in [6, 6.07) is 4.16. The summed E-state index contributed by atoms with van der Waals surface area (Å²) in [6.07, 6.45) is -4.46. The topological polar surface area (TPSA) is 9.23 Å². The predicted molar refractivity (Wildman–Crippen MR) is 55.3 cm³/mol. The minimum absolute atomic E-state index is 0.0232. The minimum Gasteiger partial charge on any atom is -0.497 e. The summed E-state index contributed by atoms with van der Waals surface area (Å²) in [4.78, 5) is 0. The second-order valence-electron chi connectivity index (χ2n) is 2.79. The van der Waals surface area contributed by atoms with E-state index in [0.29, 0.717) is 5.75 Å². The van der Waals surface area contributed by atoms with E-state index in [-0.39, 0.29) is 10.0 Å². The molecule has 0 spiro atoms. The van der Waals surface area contributed by atoms with Crippen molar-refractivity contribution < 1.29 is 17.9 Å². The average molecular weight is 304 g/mol. The van der Waals surface area contributed by atoms with E-state index in [1.165, 1.54) is 25.3 Å². The summed E-state index contributed by atoms with van der Waals surface area (Å²) in [5.41, 5.74) is -0.0232. The van der Waals surface area contributed by atoms with Gasteiger partial charge >= 0.3 is 6.18 Å². The maximum Gasteiger partial charge on any atom is 0.408 e. The first kappa shape index (κ1) is 12.6. The monoisotopic (exact) mass is 302 g/mol. The highest BCUT2D eigenvalue weighted by molar-refractivity contribution is 9.10. The Bertz CT molecular complexity index is 354. The van der Waals surface area contributed by atoms with Crippen LogP contribution in [0.15, 0.2) is 22.7 Å². The number of ether oxygens (including phenoxy) is 1. The molecule has 0 aliphatic rings. The fourth-order valence-electron chi connectivity index (χ4n) is 1.02. The first-order valence-corrected chi connectivity index (χ1v) is 5.13. The van der Waals surface area contributed by atoms with Gasteiger partial charge in [-0.3, -0.25) is 0 Å². The third kappa shape index (κ3) is 3.01. The molecule has 0 aliphatic carbocycles. The second-order valence-corrected chi connectivity index (χ2v) is 4.08. The van der Waals surface area contributed by atoms with Gasteiger partial charge < -0.3 is 4.74 Å². The van der Waals surface area contributed by atoms with Gasteiger partial charge in [-0.15, -0.1) is 11.6 Å². The Morgan fingerprint density at radius 3 is 2.40 bits per heavy atom. The van der Waals surface area contributed by atoms with Crippen LogP contribution in [0.4, 0.5) is 13.2 Å². The van der Waals surface area contributed by atoms with E-state index < -0.39 is 11.6 Å². The van der Waals surface area contributed by atoms with Gasteiger partial charge in [0.2, 0.25) is 0 Å². The summed E-state index contributed by atoms with van der Waals surface area (Å²) < 4.78 is 42.1. The maximum absolute atomic E-state index is 12.3. The van der Waals surface area contributed by atoms with E-state index in [4.69, 9.17) is 16.3 Å². The van der Waals surface area contributed by atoms with Gasteiger partial charge in [-0.25, -0.2) is 0 Å². The highest BCUT2D eigenvalue weighted by atomic mass is 79.9. The number of rotatable bonds is 2. The lowest BCUT2D eigenvalue weighted by molar-refractivity contribution is -0.131. The minimum atomic E-state index is -4.46. The maximum atomic E-state index is 12.3. The third-order valence-corrected chi connectivity index (χ3v) is 2.94. The molecule has 1 nitrogen and oxygen atoms in total. The van der Waals surface area contributed by atoms with Crippen LogP contribution in [0.2, 0.25) is 0 Å². The molecule has 0 heterocycles. The summed E-state index contributed by atoms with van der Waals surface area (Å²) in [7, 11) is 1.43. The predicted octanol–water partition coefficient (Wildman–Crippen LogP) is 4.30. The molecule has 1 unspecified atom stereocenters. The summed E-state index contributed by atoms with van der Waals surface area (Å²) in [5.74, 6) is 0.469. The Hall–Kier alpha value is -0.420. The van der Waals surface area contributed by atoms with Crippen LogP contribution in [-0.2, 0) is 0 Å². The van der Waals surface area contributed by atoms with Crippen molar-refractivity contribution in [1.82, 2.24) is 0 Å². The standard InChI is InChI=1S/C9H7BrClF3O/c1-15-5-2-3-6(7(10)4-5)8(11)9(12,13)14/h2-4,8H,1H3. The van der Waals surface area contributed by atoms with Crippen LogP contribution in [0.1, 0.15) is 10.9 Å². The second kappa shape index (κ2) is 4.61. The van der Waals surface area contributed by atoms with E-state index in [1.807, 2.05) is 0 Å². The van der Waals surface area contributed by atoms with Gasteiger partial charge in [-0.2, -0.15) is 13.2 Å². The van der Waals surface area contributed by atoms with Crippen molar-refractivity contribution in [3.05, 3.63) is 28.2 Å². The van der Waals surface area contributed by atoms with Gasteiger partial charge in [0.15, 0.2) is 5.38 Å². The normalized spacial score (nSPS) is 13.7. The van der Waals surface area contributed by atoms with Gasteiger partial charge in [0, 0.05) is 4.47 Å². The molecule has 0 amide bonds. The van der Waals surface area contributed by atoms with Crippen LogP contribution in [0.3, 0.4) is 0 Å². The molecular formula is C9H7BrClF3O. The number of alkyl halides is 4. The van der Waals surface area contributed by atoms with Crippen LogP contribution < -0.4 is 4.74 Å². The Kier molecular flexibility index (Phi) is 3.89. The molecule has 1 atom stereocenters. The van der Waals surface area contributed by atoms with Crippen molar-refractivity contribution in [3.8, 4) is 5.75 Å². The zero-order valence-corrected chi connectivity index (χ0v) is 9.95. The molecule has 1 aromatic carbocycles. The Morgan fingerprint density at radius 1 is 1.40 bits per heavy atom. The first-order chi connectivity index (χ1) is 6.86. The van der Waals surface area contributed by atoms with E-state index in [2.05, 4.69) is 15.9 Å². The van der Waals surface area contributed by atoms with Gasteiger partial charge in [-0.1, -0.05) is 22.0 Å². The molecule has 0 aromatic heterocycles. The Morgan fingerprint density at radius 2 is 2.00 bits per heavy atom. The lowest BCUT2D eigenvalue weighted by atomic mass is 10.1. The van der Waals surface area contributed by atoms with Crippen LogP contribution in [-0.4, -0.2) is 13.3 Å². The highest BCUT2D eigenvalue weighted by Gasteiger charge is 2.40. The molecule has 0 saturated carbocycles. The molecule has 15 heavy (non-hydrogen) atoms. The van der Waals surface area contributed by atoms with Crippen molar-refractivity contribution >= 4 is 27.5 Å². The van der Waals surface area contributed by atoms with Crippen molar-refractivity contribution in [2.24, 2.45) is 0 Å². The van der Waals surface area contributed by atoms with Gasteiger partial charge in [0.1, 0.15) is 5.75 Å². The van der Waals surface area contributed by atoms with E-state index in [9.17, 15) is 13.2 Å². The zero-order valence-electron chi connectivity index (χ0n) is 7.61. The molecule has 84 valence electrons. The molecule has 0 N–H and O–H groups in total. The summed E-state index contributed by atoms with van der Waals surface area (Å²) in [6.45, 7) is 0. The van der Waals surface area contributed by atoms with Crippen LogP contribution >= 0.6 is 27.5 Å². The average Bonchev–Trinajstić information content (AvgIpc) is 2.15. The summed E-state index contributed by atoms with van der Waals surface area (Å²) in [5, 5.41) is -2.02. The Balaban J connectivity index is 3.06. The van der Waals surface area contributed by atoms with E-state index in [0.717, 1.165) is 0 Å². The van der Waals surface area contributed by atoms with Gasteiger partial charge in [0.05, 0.1) is 7.11 Å². The fourth-order valence-corrected chi connectivity index (χ4v) is 1.93. The molecule has 0 radical (unpaired) electrons. The lowest BCUT2D eigenvalue weighted by Gasteiger charge is -2.15. The highest BCUT2D eigenvalue weighted by Crippen LogP contribution is 2.41. The van der Waals surface area contributed by atoms with E-state index >= 15 is 0 Å². The largest absolute Gasteiger partial charge is 0.497 e. The molecule has 0 fully saturated rings. The number of hydrogen-bond acceptors (Lipinski definition) is 1. The van der Waals surface area contributed by atoms with E-state index in [1.54, 1.807) is 0 Å². The zero-order chi connectivity index (χ0) is 11.6. The van der Waals surface area contributed by atoms with Crippen LogP contribution in [0.25, 0.3) is 0 Å². The molecule has 0 aliphatic heterocycles.